The van der Waals surface area contributed by atoms with Crippen LogP contribution in [0.5, 0.6) is 0 Å². The zero-order valence-electron chi connectivity index (χ0n) is 16.1. The third-order valence-corrected chi connectivity index (χ3v) is 4.66. The molecule has 1 amide bonds. The number of alkyl halides is 3. The maximum absolute atomic E-state index is 13.0. The lowest BCUT2D eigenvalue weighted by atomic mass is 10.0. The summed E-state index contributed by atoms with van der Waals surface area (Å²) in [5.41, 5.74) is 8.34. The van der Waals surface area contributed by atoms with Crippen molar-refractivity contribution in [1.29, 1.82) is 0 Å². The van der Waals surface area contributed by atoms with E-state index in [4.69, 9.17) is 5.73 Å². The number of carbonyl (C=O) groups excluding carboxylic acids is 1. The van der Waals surface area contributed by atoms with E-state index in [9.17, 15) is 18.0 Å². The summed E-state index contributed by atoms with van der Waals surface area (Å²) < 4.78 is 39.0. The molecular formula is C23H22ClF3N2O. The summed E-state index contributed by atoms with van der Waals surface area (Å²) in [5, 5.41) is 3.08. The van der Waals surface area contributed by atoms with E-state index in [0.29, 0.717) is 18.5 Å². The van der Waals surface area contributed by atoms with Gasteiger partial charge in [-0.1, -0.05) is 54.6 Å². The highest BCUT2D eigenvalue weighted by molar-refractivity contribution is 5.94. The van der Waals surface area contributed by atoms with E-state index in [1.165, 1.54) is 12.1 Å². The molecule has 0 spiro atoms. The van der Waals surface area contributed by atoms with Crippen LogP contribution in [0.3, 0.4) is 0 Å². The molecule has 3 rings (SSSR count). The molecule has 0 aliphatic heterocycles. The molecule has 3 N–H and O–H groups in total. The van der Waals surface area contributed by atoms with E-state index < -0.39 is 17.6 Å². The van der Waals surface area contributed by atoms with Crippen molar-refractivity contribution < 1.29 is 18.0 Å². The first-order chi connectivity index (χ1) is 13.8. The number of rotatable bonds is 7. The Bertz CT molecular complexity index is 988. The smallest absolute Gasteiger partial charge is 0.366 e. The van der Waals surface area contributed by atoms with Gasteiger partial charge in [-0.2, -0.15) is 13.2 Å². The van der Waals surface area contributed by atoms with Gasteiger partial charge in [-0.05, 0) is 53.4 Å². The molecule has 0 aliphatic carbocycles. The molecule has 0 bridgehead atoms. The summed E-state index contributed by atoms with van der Waals surface area (Å²) in [7, 11) is 0. The second kappa shape index (κ2) is 10.3. The Morgan fingerprint density at radius 3 is 2.27 bits per heavy atom. The number of nitrogens with one attached hydrogen (secondary N) is 1. The van der Waals surface area contributed by atoms with Gasteiger partial charge >= 0.3 is 6.18 Å². The number of hydrogen-bond acceptors (Lipinski definition) is 2. The van der Waals surface area contributed by atoms with Crippen LogP contribution in [0.15, 0.2) is 72.8 Å². The molecule has 0 aliphatic rings. The lowest BCUT2D eigenvalue weighted by Crippen LogP contribution is -2.19. The number of carbonyl (C=O) groups is 1. The van der Waals surface area contributed by atoms with Gasteiger partial charge in [0.1, 0.15) is 0 Å². The van der Waals surface area contributed by atoms with Gasteiger partial charge in [-0.25, -0.2) is 0 Å². The van der Waals surface area contributed by atoms with Crippen LogP contribution in [0.4, 0.5) is 13.2 Å². The Labute approximate surface area is 179 Å². The Hall–Kier alpha value is -2.83. The van der Waals surface area contributed by atoms with Gasteiger partial charge in [-0.3, -0.25) is 4.79 Å². The molecule has 0 saturated carbocycles. The van der Waals surface area contributed by atoms with E-state index in [-0.39, 0.29) is 24.5 Å². The fourth-order valence-corrected chi connectivity index (χ4v) is 3.12. The molecule has 158 valence electrons. The van der Waals surface area contributed by atoms with Crippen molar-refractivity contribution in [3.8, 4) is 11.1 Å². The van der Waals surface area contributed by atoms with E-state index in [0.717, 1.165) is 22.8 Å². The molecule has 3 aromatic rings. The fourth-order valence-electron chi connectivity index (χ4n) is 3.12. The lowest BCUT2D eigenvalue weighted by molar-refractivity contribution is -0.138. The van der Waals surface area contributed by atoms with Gasteiger partial charge in [-0.15, -0.1) is 12.4 Å². The highest BCUT2D eigenvalue weighted by Gasteiger charge is 2.32. The third kappa shape index (κ3) is 6.08. The highest BCUT2D eigenvalue weighted by Crippen LogP contribution is 2.31. The first kappa shape index (κ1) is 23.4. The number of hydrogen-bond donors (Lipinski definition) is 2. The Morgan fingerprint density at radius 2 is 1.60 bits per heavy atom. The molecule has 0 unspecified atom stereocenters. The van der Waals surface area contributed by atoms with E-state index >= 15 is 0 Å². The average Bonchev–Trinajstić information content (AvgIpc) is 2.71. The molecule has 3 nitrogen and oxygen atoms in total. The van der Waals surface area contributed by atoms with Gasteiger partial charge in [0.15, 0.2) is 0 Å². The first-order valence-corrected chi connectivity index (χ1v) is 9.19. The molecule has 0 aromatic heterocycles. The maximum Gasteiger partial charge on any atom is 0.416 e. The SMILES string of the molecule is Cl.NC(=O)c1cccc(-c2ccc(CCNCc3ccccc3C(F)(F)F)cc2)c1. The van der Waals surface area contributed by atoms with Gasteiger partial charge in [0, 0.05) is 12.1 Å². The van der Waals surface area contributed by atoms with E-state index in [1.807, 2.05) is 30.3 Å². The minimum absolute atomic E-state index is 0. The number of primary amides is 1. The predicted molar refractivity (Wildman–Crippen MR) is 114 cm³/mol. The standard InChI is InChI=1S/C23H21F3N2O.ClH/c24-23(25,26)21-7-2-1-4-20(21)15-28-13-12-16-8-10-17(11-9-16)18-5-3-6-19(14-18)22(27)29;/h1-11,14,28H,12-13,15H2,(H2,27,29);1H. The number of halogens is 4. The third-order valence-electron chi connectivity index (χ3n) is 4.66. The van der Waals surface area contributed by atoms with Crippen molar-refractivity contribution in [1.82, 2.24) is 5.32 Å². The molecule has 0 saturated heterocycles. The first-order valence-electron chi connectivity index (χ1n) is 9.19. The Balaban J connectivity index is 0.00000320. The van der Waals surface area contributed by atoms with Gasteiger partial charge < -0.3 is 11.1 Å². The van der Waals surface area contributed by atoms with Crippen LogP contribution in [0, 0.1) is 0 Å². The van der Waals surface area contributed by atoms with E-state index in [1.54, 1.807) is 24.3 Å². The molecular weight excluding hydrogens is 413 g/mol. The number of benzene rings is 3. The molecule has 0 heterocycles. The molecule has 0 atom stereocenters. The van der Waals surface area contributed by atoms with Gasteiger partial charge in [0.05, 0.1) is 5.56 Å². The van der Waals surface area contributed by atoms with Crippen molar-refractivity contribution >= 4 is 18.3 Å². The molecule has 30 heavy (non-hydrogen) atoms. The van der Waals surface area contributed by atoms with E-state index in [2.05, 4.69) is 5.32 Å². The van der Waals surface area contributed by atoms with Crippen molar-refractivity contribution in [3.05, 3.63) is 95.1 Å². The van der Waals surface area contributed by atoms with Crippen molar-refractivity contribution in [2.24, 2.45) is 5.73 Å². The second-order valence-corrected chi connectivity index (χ2v) is 6.72. The van der Waals surface area contributed by atoms with Crippen LogP contribution in [0.25, 0.3) is 11.1 Å². The molecule has 3 aromatic carbocycles. The minimum atomic E-state index is -4.35. The average molecular weight is 435 g/mol. The van der Waals surface area contributed by atoms with Crippen LogP contribution < -0.4 is 11.1 Å². The van der Waals surface area contributed by atoms with Crippen molar-refractivity contribution in [3.63, 3.8) is 0 Å². The van der Waals surface area contributed by atoms with Gasteiger partial charge in [0.25, 0.3) is 0 Å². The highest BCUT2D eigenvalue weighted by atomic mass is 35.5. The second-order valence-electron chi connectivity index (χ2n) is 6.72. The van der Waals surface area contributed by atoms with Crippen LogP contribution in [-0.4, -0.2) is 12.5 Å². The summed E-state index contributed by atoms with van der Waals surface area (Å²) in [6, 6.07) is 20.5. The monoisotopic (exact) mass is 434 g/mol. The minimum Gasteiger partial charge on any atom is -0.366 e. The summed E-state index contributed by atoms with van der Waals surface area (Å²) in [4.78, 5) is 11.3. The summed E-state index contributed by atoms with van der Waals surface area (Å²) in [6.45, 7) is 0.719. The van der Waals surface area contributed by atoms with Gasteiger partial charge in [0.2, 0.25) is 5.91 Å². The zero-order valence-corrected chi connectivity index (χ0v) is 16.9. The maximum atomic E-state index is 13.0. The van der Waals surface area contributed by atoms with Crippen molar-refractivity contribution in [2.75, 3.05) is 6.54 Å². The molecule has 0 radical (unpaired) electrons. The van der Waals surface area contributed by atoms with Crippen LogP contribution in [0.2, 0.25) is 0 Å². The molecule has 7 heteroatoms. The molecule has 0 fully saturated rings. The number of nitrogens with two attached hydrogens (primary N) is 1. The topological polar surface area (TPSA) is 55.1 Å². The Kier molecular flexibility index (Phi) is 8.03. The van der Waals surface area contributed by atoms with Crippen LogP contribution in [0.1, 0.15) is 27.0 Å². The van der Waals surface area contributed by atoms with Crippen LogP contribution in [-0.2, 0) is 19.1 Å². The summed E-state index contributed by atoms with van der Waals surface area (Å²) >= 11 is 0. The Morgan fingerprint density at radius 1 is 0.900 bits per heavy atom. The normalized spacial score (nSPS) is 11.0. The largest absolute Gasteiger partial charge is 0.416 e. The van der Waals surface area contributed by atoms with Crippen LogP contribution >= 0.6 is 12.4 Å². The van der Waals surface area contributed by atoms with Crippen molar-refractivity contribution in [2.45, 2.75) is 19.1 Å². The predicted octanol–water partition coefficient (Wildman–Crippen LogP) is 5.23. The summed E-state index contributed by atoms with van der Waals surface area (Å²) in [5.74, 6) is -0.471. The quantitative estimate of drug-likeness (QED) is 0.500. The fraction of sp³-hybridized carbons (Fsp3) is 0.174. The lowest BCUT2D eigenvalue weighted by Gasteiger charge is -2.13. The zero-order chi connectivity index (χ0) is 20.9. The summed E-state index contributed by atoms with van der Waals surface area (Å²) in [6.07, 6.45) is -3.66. The number of amides is 1.